The van der Waals surface area contributed by atoms with Crippen molar-refractivity contribution in [2.24, 2.45) is 0 Å². The smallest absolute Gasteiger partial charge is 0.223 e. The maximum atomic E-state index is 14.1. The summed E-state index contributed by atoms with van der Waals surface area (Å²) < 4.78 is 32.9. The molecule has 1 aliphatic heterocycles. The Balaban J connectivity index is 1.50. The van der Waals surface area contributed by atoms with Crippen LogP contribution in [0.15, 0.2) is 47.0 Å². The predicted octanol–water partition coefficient (Wildman–Crippen LogP) is 5.24. The maximum Gasteiger partial charge on any atom is 0.223 e. The van der Waals surface area contributed by atoms with Gasteiger partial charge < -0.3 is 9.51 Å². The molecule has 5 aromatic rings. The van der Waals surface area contributed by atoms with E-state index in [0.29, 0.717) is 47.3 Å². The average molecular weight is 490 g/mol. The molecule has 36 heavy (non-hydrogen) atoms. The standard InChI is InChI=1S/C26H25F2N7O/c1-3-4-11-26(25-29-14(2)36-35-25)22-19(18-10-9-17(28)12-20(18)30-22)13-21(32-26)24-31-23(33-34-24)15-5-7-16(27)8-6-15/h5-10,12,21,30,32H,3-4,11,13H2,1-2H3,(H,31,33,34)/t21-,26?/m1/s1. The summed E-state index contributed by atoms with van der Waals surface area (Å²) in [5.74, 6) is 1.48. The second-order valence-corrected chi connectivity index (χ2v) is 9.27. The van der Waals surface area contributed by atoms with Crippen LogP contribution in [-0.4, -0.2) is 30.3 Å². The van der Waals surface area contributed by atoms with Gasteiger partial charge in [0.15, 0.2) is 11.6 Å². The van der Waals surface area contributed by atoms with Crippen LogP contribution in [0.4, 0.5) is 8.78 Å². The summed E-state index contributed by atoms with van der Waals surface area (Å²) in [5.41, 5.74) is 2.58. The number of benzene rings is 2. The zero-order valence-electron chi connectivity index (χ0n) is 19.9. The van der Waals surface area contributed by atoms with E-state index in [1.54, 1.807) is 25.1 Å². The Bertz CT molecular complexity index is 1540. The molecule has 0 bridgehead atoms. The van der Waals surface area contributed by atoms with Crippen LogP contribution in [0.5, 0.6) is 0 Å². The number of unbranched alkanes of at least 4 members (excludes halogenated alkanes) is 1. The molecule has 1 unspecified atom stereocenters. The normalized spacial score (nSPS) is 19.6. The summed E-state index contributed by atoms with van der Waals surface area (Å²) >= 11 is 0. The van der Waals surface area contributed by atoms with E-state index in [1.165, 1.54) is 24.3 Å². The summed E-state index contributed by atoms with van der Waals surface area (Å²) in [4.78, 5) is 12.8. The van der Waals surface area contributed by atoms with E-state index >= 15 is 0 Å². The minimum atomic E-state index is -0.801. The van der Waals surface area contributed by atoms with Gasteiger partial charge in [-0.05, 0) is 60.9 Å². The fraction of sp³-hybridized carbons (Fsp3) is 0.308. The largest absolute Gasteiger partial charge is 0.356 e. The zero-order valence-corrected chi connectivity index (χ0v) is 19.9. The van der Waals surface area contributed by atoms with Crippen molar-refractivity contribution in [2.45, 2.75) is 51.1 Å². The van der Waals surface area contributed by atoms with Gasteiger partial charge in [-0.15, -0.1) is 0 Å². The Morgan fingerprint density at radius 3 is 2.64 bits per heavy atom. The van der Waals surface area contributed by atoms with E-state index in [2.05, 4.69) is 37.6 Å². The molecule has 1 aliphatic rings. The number of rotatable bonds is 6. The van der Waals surface area contributed by atoms with Crippen molar-refractivity contribution in [3.05, 3.63) is 82.9 Å². The van der Waals surface area contributed by atoms with Crippen LogP contribution in [-0.2, 0) is 12.0 Å². The lowest BCUT2D eigenvalue weighted by atomic mass is 9.79. The van der Waals surface area contributed by atoms with E-state index in [9.17, 15) is 8.78 Å². The molecular weight excluding hydrogens is 464 g/mol. The highest BCUT2D eigenvalue weighted by atomic mass is 19.1. The van der Waals surface area contributed by atoms with Gasteiger partial charge in [-0.25, -0.2) is 13.8 Å². The Labute approximate surface area is 205 Å². The molecule has 6 rings (SSSR count). The SMILES string of the molecule is CCCCC1(c2noc(C)n2)N[C@@H](c2nc(-c3ccc(F)cc3)n[nH]2)Cc2c1[nH]c1cc(F)ccc21. The molecule has 184 valence electrons. The summed E-state index contributed by atoms with van der Waals surface area (Å²) in [6, 6.07) is 10.6. The Morgan fingerprint density at radius 2 is 1.89 bits per heavy atom. The molecule has 0 spiro atoms. The molecule has 2 atom stereocenters. The van der Waals surface area contributed by atoms with Crippen molar-refractivity contribution in [3.63, 3.8) is 0 Å². The second kappa shape index (κ2) is 8.63. The van der Waals surface area contributed by atoms with Crippen molar-refractivity contribution >= 4 is 10.9 Å². The van der Waals surface area contributed by atoms with Crippen LogP contribution >= 0.6 is 0 Å². The summed E-state index contributed by atoms with van der Waals surface area (Å²) in [5, 5.41) is 16.5. The fourth-order valence-electron chi connectivity index (χ4n) is 5.15. The number of H-pyrrole nitrogens is 2. The second-order valence-electron chi connectivity index (χ2n) is 9.27. The quantitative estimate of drug-likeness (QED) is 0.301. The van der Waals surface area contributed by atoms with E-state index < -0.39 is 5.54 Å². The van der Waals surface area contributed by atoms with Gasteiger partial charge in [-0.3, -0.25) is 10.4 Å². The van der Waals surface area contributed by atoms with Gasteiger partial charge in [-0.1, -0.05) is 24.9 Å². The van der Waals surface area contributed by atoms with Crippen LogP contribution in [0.3, 0.4) is 0 Å². The van der Waals surface area contributed by atoms with Crippen molar-refractivity contribution < 1.29 is 13.3 Å². The molecule has 0 saturated heterocycles. The molecule has 0 radical (unpaired) electrons. The van der Waals surface area contributed by atoms with Crippen molar-refractivity contribution in [2.75, 3.05) is 0 Å². The highest BCUT2D eigenvalue weighted by molar-refractivity contribution is 5.86. The topological polar surface area (TPSA) is 108 Å². The number of aryl methyl sites for hydroxylation is 1. The maximum absolute atomic E-state index is 14.1. The molecule has 4 heterocycles. The van der Waals surface area contributed by atoms with Gasteiger partial charge in [0, 0.05) is 29.1 Å². The average Bonchev–Trinajstić information content (AvgIpc) is 3.61. The lowest BCUT2D eigenvalue weighted by Crippen LogP contribution is -2.51. The number of hydrogen-bond donors (Lipinski definition) is 3. The molecule has 10 heteroatoms. The highest BCUT2D eigenvalue weighted by Crippen LogP contribution is 2.44. The Kier molecular flexibility index (Phi) is 5.40. The first-order chi connectivity index (χ1) is 17.5. The van der Waals surface area contributed by atoms with Crippen molar-refractivity contribution in [1.29, 1.82) is 0 Å². The van der Waals surface area contributed by atoms with Crippen molar-refractivity contribution in [1.82, 2.24) is 35.6 Å². The number of halogens is 2. The van der Waals surface area contributed by atoms with Gasteiger partial charge in [0.05, 0.1) is 6.04 Å². The number of fused-ring (bicyclic) bond motifs is 3. The lowest BCUT2D eigenvalue weighted by molar-refractivity contribution is 0.256. The van der Waals surface area contributed by atoms with E-state index in [-0.39, 0.29) is 17.7 Å². The third kappa shape index (κ3) is 3.69. The van der Waals surface area contributed by atoms with E-state index in [4.69, 9.17) is 9.51 Å². The van der Waals surface area contributed by atoms with Crippen LogP contribution in [0.2, 0.25) is 0 Å². The van der Waals surface area contributed by atoms with Gasteiger partial charge in [0.1, 0.15) is 23.0 Å². The number of hydrogen-bond acceptors (Lipinski definition) is 6. The molecule has 0 amide bonds. The van der Waals surface area contributed by atoms with E-state index in [0.717, 1.165) is 29.5 Å². The third-order valence-corrected chi connectivity index (χ3v) is 6.87. The predicted molar refractivity (Wildman–Crippen MR) is 129 cm³/mol. The van der Waals surface area contributed by atoms with Crippen LogP contribution in [0.1, 0.15) is 61.0 Å². The van der Waals surface area contributed by atoms with Crippen LogP contribution < -0.4 is 5.32 Å². The third-order valence-electron chi connectivity index (χ3n) is 6.87. The molecule has 3 aromatic heterocycles. The first-order valence-corrected chi connectivity index (χ1v) is 12.0. The van der Waals surface area contributed by atoms with Gasteiger partial charge in [0.2, 0.25) is 5.89 Å². The Morgan fingerprint density at radius 1 is 1.08 bits per heavy atom. The molecular formula is C26H25F2N7O. The lowest BCUT2D eigenvalue weighted by Gasteiger charge is -2.39. The highest BCUT2D eigenvalue weighted by Gasteiger charge is 2.47. The molecule has 2 aromatic carbocycles. The van der Waals surface area contributed by atoms with Crippen LogP contribution in [0, 0.1) is 18.6 Å². The number of nitrogens with one attached hydrogen (secondary N) is 3. The summed E-state index contributed by atoms with van der Waals surface area (Å²) in [7, 11) is 0. The van der Waals surface area contributed by atoms with Gasteiger partial charge in [-0.2, -0.15) is 10.1 Å². The minimum absolute atomic E-state index is 0.265. The first kappa shape index (κ1) is 22.5. The first-order valence-electron chi connectivity index (χ1n) is 12.0. The summed E-state index contributed by atoms with van der Waals surface area (Å²) in [6.45, 7) is 3.89. The molecule has 0 fully saturated rings. The zero-order chi connectivity index (χ0) is 24.9. The number of aromatic nitrogens is 6. The van der Waals surface area contributed by atoms with Gasteiger partial charge in [0.25, 0.3) is 0 Å². The molecule has 0 saturated carbocycles. The summed E-state index contributed by atoms with van der Waals surface area (Å²) in [6.07, 6.45) is 3.14. The van der Waals surface area contributed by atoms with Crippen LogP contribution in [0.25, 0.3) is 22.3 Å². The molecule has 3 N–H and O–H groups in total. The van der Waals surface area contributed by atoms with Crippen molar-refractivity contribution in [3.8, 4) is 11.4 Å². The number of nitrogens with zero attached hydrogens (tertiary/aromatic N) is 4. The Hall–Kier alpha value is -3.92. The molecule has 0 aliphatic carbocycles. The minimum Gasteiger partial charge on any atom is -0.356 e. The van der Waals surface area contributed by atoms with Gasteiger partial charge >= 0.3 is 0 Å². The fourth-order valence-corrected chi connectivity index (χ4v) is 5.15. The number of aromatic amines is 2. The monoisotopic (exact) mass is 489 g/mol. The van der Waals surface area contributed by atoms with E-state index in [1.807, 2.05) is 0 Å². The molecule has 8 nitrogen and oxygen atoms in total.